The van der Waals surface area contributed by atoms with Gasteiger partial charge in [-0.1, -0.05) is 23.5 Å². The zero-order valence-electron chi connectivity index (χ0n) is 14.3. The van der Waals surface area contributed by atoms with Crippen LogP contribution in [0.2, 0.25) is 0 Å². The molecule has 0 saturated heterocycles. The number of anilines is 2. The minimum absolute atomic E-state index is 0.158. The van der Waals surface area contributed by atoms with Crippen molar-refractivity contribution in [3.63, 3.8) is 0 Å². The third-order valence-corrected chi connectivity index (χ3v) is 4.96. The van der Waals surface area contributed by atoms with E-state index in [9.17, 15) is 4.39 Å². The molecule has 0 atom stereocenters. The van der Waals surface area contributed by atoms with E-state index in [1.807, 2.05) is 12.1 Å². The summed E-state index contributed by atoms with van der Waals surface area (Å²) in [6.07, 6.45) is 3.21. The molecular weight excluding hydrogens is 377 g/mol. The van der Waals surface area contributed by atoms with E-state index in [0.29, 0.717) is 16.7 Å². The van der Waals surface area contributed by atoms with Gasteiger partial charge in [0, 0.05) is 11.6 Å². The van der Waals surface area contributed by atoms with Crippen LogP contribution in [0.25, 0.3) is 21.3 Å². The lowest BCUT2D eigenvalue weighted by molar-refractivity contribution is 0.443. The van der Waals surface area contributed by atoms with Crippen molar-refractivity contribution < 1.29 is 9.13 Å². The van der Waals surface area contributed by atoms with Crippen molar-refractivity contribution in [2.24, 2.45) is 0 Å². The van der Waals surface area contributed by atoms with Crippen LogP contribution in [0.1, 0.15) is 0 Å². The van der Waals surface area contributed by atoms with Gasteiger partial charge in [0.2, 0.25) is 0 Å². The summed E-state index contributed by atoms with van der Waals surface area (Å²) in [5, 5.41) is 4.64. The monoisotopic (exact) mass is 389 g/mol. The molecule has 3 heterocycles. The van der Waals surface area contributed by atoms with Crippen LogP contribution >= 0.6 is 11.3 Å². The van der Waals surface area contributed by atoms with Crippen LogP contribution in [0.3, 0.4) is 0 Å². The number of aromatic nitrogens is 4. The van der Waals surface area contributed by atoms with E-state index in [0.717, 1.165) is 21.3 Å². The van der Waals surface area contributed by atoms with Crippen molar-refractivity contribution in [2.75, 3.05) is 5.32 Å². The summed E-state index contributed by atoms with van der Waals surface area (Å²) in [6, 6.07) is 15.3. The Kier molecular flexibility index (Phi) is 4.02. The molecule has 0 saturated carbocycles. The lowest BCUT2D eigenvalue weighted by Crippen LogP contribution is -1.96. The highest BCUT2D eigenvalue weighted by molar-refractivity contribution is 7.21. The average molecular weight is 389 g/mol. The standard InChI is InChI=1S/C20H12FN5OS/c21-14-4-1-2-6-17(14)27-12-7-8-15-13(10-12)18(24-11-23-15)26-20-25-16-5-3-9-22-19(16)28-20/h1-11H,(H,23,24,25,26). The van der Waals surface area contributed by atoms with Crippen molar-refractivity contribution in [3.05, 3.63) is 72.9 Å². The Morgan fingerprint density at radius 3 is 2.75 bits per heavy atom. The predicted molar refractivity (Wildman–Crippen MR) is 107 cm³/mol. The smallest absolute Gasteiger partial charge is 0.190 e. The van der Waals surface area contributed by atoms with Gasteiger partial charge in [0.25, 0.3) is 0 Å². The van der Waals surface area contributed by atoms with Gasteiger partial charge in [-0.15, -0.1) is 0 Å². The highest BCUT2D eigenvalue weighted by atomic mass is 32.1. The number of halogens is 1. The molecule has 3 aromatic heterocycles. The highest BCUT2D eigenvalue weighted by Gasteiger charge is 2.11. The maximum absolute atomic E-state index is 13.9. The van der Waals surface area contributed by atoms with Crippen molar-refractivity contribution in [1.29, 1.82) is 0 Å². The molecule has 0 aliphatic rings. The minimum Gasteiger partial charge on any atom is -0.454 e. The van der Waals surface area contributed by atoms with Crippen LogP contribution < -0.4 is 10.1 Å². The highest BCUT2D eigenvalue weighted by Crippen LogP contribution is 2.32. The SMILES string of the molecule is Fc1ccccc1Oc1ccc2ncnc(Nc3nc4cccnc4s3)c2c1. The van der Waals surface area contributed by atoms with Crippen LogP contribution in [0.4, 0.5) is 15.3 Å². The van der Waals surface area contributed by atoms with E-state index >= 15 is 0 Å². The van der Waals surface area contributed by atoms with Crippen molar-refractivity contribution in [1.82, 2.24) is 19.9 Å². The van der Waals surface area contributed by atoms with E-state index in [-0.39, 0.29) is 5.75 Å². The summed E-state index contributed by atoms with van der Waals surface area (Å²) in [7, 11) is 0. The molecule has 1 N–H and O–H groups in total. The molecule has 0 aliphatic carbocycles. The lowest BCUT2D eigenvalue weighted by atomic mass is 10.2. The molecule has 6 nitrogen and oxygen atoms in total. The first-order valence-corrected chi connectivity index (χ1v) is 9.24. The second-order valence-electron chi connectivity index (χ2n) is 5.91. The lowest BCUT2D eigenvalue weighted by Gasteiger charge is -2.09. The Balaban J connectivity index is 1.52. The van der Waals surface area contributed by atoms with Gasteiger partial charge in [-0.05, 0) is 42.5 Å². The molecule has 0 fully saturated rings. The fraction of sp³-hybridized carbons (Fsp3) is 0. The summed E-state index contributed by atoms with van der Waals surface area (Å²) in [5.41, 5.74) is 1.55. The van der Waals surface area contributed by atoms with E-state index in [2.05, 4.69) is 25.3 Å². The maximum atomic E-state index is 13.9. The Morgan fingerprint density at radius 2 is 1.86 bits per heavy atom. The molecule has 0 spiro atoms. The number of benzene rings is 2. The summed E-state index contributed by atoms with van der Waals surface area (Å²) < 4.78 is 19.6. The number of nitrogens with one attached hydrogen (secondary N) is 1. The second kappa shape index (κ2) is 6.82. The van der Waals surface area contributed by atoms with Crippen LogP contribution in [0.15, 0.2) is 67.1 Å². The number of fused-ring (bicyclic) bond motifs is 2. The predicted octanol–water partition coefficient (Wildman–Crippen LogP) is 5.31. The molecular formula is C20H12FN5OS. The number of thiazole rings is 1. The molecule has 0 aliphatic heterocycles. The Hall–Kier alpha value is -3.65. The largest absolute Gasteiger partial charge is 0.454 e. The summed E-state index contributed by atoms with van der Waals surface area (Å²) in [6.45, 7) is 0. The van der Waals surface area contributed by atoms with Gasteiger partial charge in [-0.25, -0.2) is 24.3 Å². The number of pyridine rings is 1. The Bertz CT molecular complexity index is 1270. The van der Waals surface area contributed by atoms with E-state index < -0.39 is 5.82 Å². The van der Waals surface area contributed by atoms with E-state index in [1.165, 1.54) is 23.7 Å². The molecule has 0 unspecified atom stereocenters. The number of rotatable bonds is 4. The molecule has 136 valence electrons. The molecule has 5 aromatic rings. The first kappa shape index (κ1) is 16.5. The van der Waals surface area contributed by atoms with Gasteiger partial charge >= 0.3 is 0 Å². The first-order valence-electron chi connectivity index (χ1n) is 8.42. The zero-order valence-corrected chi connectivity index (χ0v) is 15.2. The van der Waals surface area contributed by atoms with Crippen LogP contribution in [0.5, 0.6) is 11.5 Å². The first-order chi connectivity index (χ1) is 13.8. The average Bonchev–Trinajstić information content (AvgIpc) is 3.12. The Labute approximate surface area is 162 Å². The van der Waals surface area contributed by atoms with Crippen molar-refractivity contribution in [2.45, 2.75) is 0 Å². The van der Waals surface area contributed by atoms with E-state index in [4.69, 9.17) is 4.74 Å². The number of hydrogen-bond donors (Lipinski definition) is 1. The van der Waals surface area contributed by atoms with Gasteiger partial charge in [0.1, 0.15) is 28.2 Å². The number of nitrogens with zero attached hydrogens (tertiary/aromatic N) is 4. The van der Waals surface area contributed by atoms with Gasteiger partial charge in [-0.3, -0.25) is 0 Å². The molecule has 8 heteroatoms. The maximum Gasteiger partial charge on any atom is 0.190 e. The molecule has 2 aromatic carbocycles. The fourth-order valence-electron chi connectivity index (χ4n) is 2.78. The fourth-order valence-corrected chi connectivity index (χ4v) is 3.58. The van der Waals surface area contributed by atoms with Gasteiger partial charge < -0.3 is 10.1 Å². The van der Waals surface area contributed by atoms with Crippen molar-refractivity contribution in [3.8, 4) is 11.5 Å². The van der Waals surface area contributed by atoms with Crippen molar-refractivity contribution >= 4 is 43.5 Å². The van der Waals surface area contributed by atoms with Crippen LogP contribution in [-0.2, 0) is 0 Å². The minimum atomic E-state index is -0.424. The normalized spacial score (nSPS) is 11.0. The number of hydrogen-bond acceptors (Lipinski definition) is 7. The summed E-state index contributed by atoms with van der Waals surface area (Å²) >= 11 is 1.43. The van der Waals surface area contributed by atoms with E-state index in [1.54, 1.807) is 42.6 Å². The third-order valence-electron chi connectivity index (χ3n) is 4.06. The topological polar surface area (TPSA) is 72.8 Å². The Morgan fingerprint density at radius 1 is 0.929 bits per heavy atom. The van der Waals surface area contributed by atoms with Crippen LogP contribution in [-0.4, -0.2) is 19.9 Å². The summed E-state index contributed by atoms with van der Waals surface area (Å²) in [4.78, 5) is 18.3. The molecule has 0 radical (unpaired) electrons. The van der Waals surface area contributed by atoms with Crippen LogP contribution in [0, 0.1) is 5.82 Å². The molecule has 0 bridgehead atoms. The summed E-state index contributed by atoms with van der Waals surface area (Å²) in [5.74, 6) is 0.808. The third kappa shape index (κ3) is 3.10. The number of para-hydroxylation sites is 1. The second-order valence-corrected chi connectivity index (χ2v) is 6.88. The molecule has 5 rings (SSSR count). The molecule has 0 amide bonds. The van der Waals surface area contributed by atoms with Gasteiger partial charge in [-0.2, -0.15) is 0 Å². The quantitative estimate of drug-likeness (QED) is 0.449. The van der Waals surface area contributed by atoms with Gasteiger partial charge in [0.15, 0.2) is 16.7 Å². The number of ether oxygens (including phenoxy) is 1. The molecule has 28 heavy (non-hydrogen) atoms. The zero-order chi connectivity index (χ0) is 18.9. The van der Waals surface area contributed by atoms with Gasteiger partial charge in [0.05, 0.1) is 5.52 Å².